The highest BCUT2D eigenvalue weighted by Gasteiger charge is 2.13. The maximum absolute atomic E-state index is 11.9. The summed E-state index contributed by atoms with van der Waals surface area (Å²) in [5.41, 5.74) is 2.66. The molecule has 19 heavy (non-hydrogen) atoms. The Morgan fingerprint density at radius 1 is 1.05 bits per heavy atom. The predicted molar refractivity (Wildman–Crippen MR) is 76.6 cm³/mol. The molecule has 1 unspecified atom stereocenters. The zero-order chi connectivity index (χ0) is 13.7. The van der Waals surface area contributed by atoms with Crippen molar-refractivity contribution in [1.82, 2.24) is 0 Å². The summed E-state index contributed by atoms with van der Waals surface area (Å²) in [6, 6.07) is 16.8. The van der Waals surface area contributed by atoms with Gasteiger partial charge < -0.3 is 5.11 Å². The summed E-state index contributed by atoms with van der Waals surface area (Å²) in [5.74, 6) is -0.312. The van der Waals surface area contributed by atoms with Gasteiger partial charge in [0.25, 0.3) is 0 Å². The number of aryl methyl sites for hydroxylation is 1. The molecule has 2 heteroatoms. The van der Waals surface area contributed by atoms with E-state index in [-0.39, 0.29) is 5.78 Å². The lowest BCUT2D eigenvalue weighted by atomic mass is 10.0. The molecule has 0 heterocycles. The number of ketones is 1. The minimum Gasteiger partial charge on any atom is -0.380 e. The monoisotopic (exact) mass is 252 g/mol. The van der Waals surface area contributed by atoms with Gasteiger partial charge in [-0.15, -0.1) is 0 Å². The Morgan fingerprint density at radius 3 is 2.32 bits per heavy atom. The van der Waals surface area contributed by atoms with Crippen LogP contribution in [0.25, 0.3) is 6.08 Å². The van der Waals surface area contributed by atoms with E-state index in [0.717, 1.165) is 11.1 Å². The third kappa shape index (κ3) is 3.63. The quantitative estimate of drug-likeness (QED) is 0.848. The number of aliphatic hydroxyl groups is 1. The predicted octanol–water partition coefficient (Wildman–Crippen LogP) is 3.31. The molecule has 0 saturated heterocycles. The van der Waals surface area contributed by atoms with E-state index >= 15 is 0 Å². The molecule has 0 aliphatic carbocycles. The van der Waals surface area contributed by atoms with Crippen LogP contribution in [0.5, 0.6) is 0 Å². The highest BCUT2D eigenvalue weighted by atomic mass is 16.3. The summed E-state index contributed by atoms with van der Waals surface area (Å²) in [6.07, 6.45) is 2.03. The third-order valence-corrected chi connectivity index (χ3v) is 2.90. The molecular weight excluding hydrogens is 236 g/mol. The second kappa shape index (κ2) is 6.12. The number of carbonyl (C=O) groups excluding carboxylic acids is 1. The molecule has 0 aliphatic rings. The van der Waals surface area contributed by atoms with Crippen molar-refractivity contribution in [2.45, 2.75) is 13.0 Å². The summed E-state index contributed by atoms with van der Waals surface area (Å²) in [5, 5.41) is 9.96. The van der Waals surface area contributed by atoms with Crippen LogP contribution in [0.1, 0.15) is 22.8 Å². The first-order chi connectivity index (χ1) is 9.16. The molecule has 2 nitrogen and oxygen atoms in total. The van der Waals surface area contributed by atoms with Gasteiger partial charge in [-0.05, 0) is 24.1 Å². The van der Waals surface area contributed by atoms with Crippen LogP contribution in [0, 0.1) is 6.92 Å². The molecule has 2 aromatic carbocycles. The van der Waals surface area contributed by atoms with E-state index in [1.54, 1.807) is 18.2 Å². The molecular formula is C17H16O2. The van der Waals surface area contributed by atoms with Gasteiger partial charge in [0.15, 0.2) is 5.78 Å². The molecule has 2 aromatic rings. The lowest BCUT2D eigenvalue weighted by Gasteiger charge is -2.07. The fourth-order valence-corrected chi connectivity index (χ4v) is 1.75. The first-order valence-electron chi connectivity index (χ1n) is 6.18. The van der Waals surface area contributed by atoms with Gasteiger partial charge in [-0.2, -0.15) is 0 Å². The lowest BCUT2D eigenvalue weighted by Crippen LogP contribution is -2.08. The van der Waals surface area contributed by atoms with Crippen LogP contribution in [0.2, 0.25) is 0 Å². The Kier molecular flexibility index (Phi) is 4.26. The van der Waals surface area contributed by atoms with Gasteiger partial charge in [-0.25, -0.2) is 0 Å². The van der Waals surface area contributed by atoms with E-state index in [1.807, 2.05) is 49.4 Å². The third-order valence-electron chi connectivity index (χ3n) is 2.90. The molecule has 0 amide bonds. The number of benzene rings is 2. The van der Waals surface area contributed by atoms with E-state index in [1.165, 1.54) is 6.08 Å². The second-order valence-electron chi connectivity index (χ2n) is 4.46. The standard InChI is InChI=1S/C17H16O2/c1-13-7-10-15(11-8-13)17(19)16(18)12-9-14-5-3-2-4-6-14/h2-12,17,19H,1H3/b12-9+. The Labute approximate surface area is 113 Å². The molecule has 0 aromatic heterocycles. The average Bonchev–Trinajstić information content (AvgIpc) is 2.46. The van der Waals surface area contributed by atoms with E-state index < -0.39 is 6.10 Å². The molecule has 96 valence electrons. The molecule has 0 fully saturated rings. The van der Waals surface area contributed by atoms with Crippen molar-refractivity contribution in [3.05, 3.63) is 77.4 Å². The van der Waals surface area contributed by atoms with Crippen molar-refractivity contribution >= 4 is 11.9 Å². The van der Waals surface area contributed by atoms with Gasteiger partial charge in [0, 0.05) is 0 Å². The molecule has 0 bridgehead atoms. The Hall–Kier alpha value is -2.19. The zero-order valence-corrected chi connectivity index (χ0v) is 10.8. The van der Waals surface area contributed by atoms with Crippen LogP contribution in [0.3, 0.4) is 0 Å². The van der Waals surface area contributed by atoms with Crippen LogP contribution in [-0.2, 0) is 4.79 Å². The van der Waals surface area contributed by atoms with Crippen molar-refractivity contribution in [2.24, 2.45) is 0 Å². The van der Waals surface area contributed by atoms with Crippen molar-refractivity contribution in [3.8, 4) is 0 Å². The number of aliphatic hydroxyl groups excluding tert-OH is 1. The van der Waals surface area contributed by atoms with Crippen LogP contribution in [0.15, 0.2) is 60.7 Å². The summed E-state index contributed by atoms with van der Waals surface area (Å²) >= 11 is 0. The largest absolute Gasteiger partial charge is 0.380 e. The van der Waals surface area contributed by atoms with E-state index in [2.05, 4.69) is 0 Å². The molecule has 0 radical (unpaired) electrons. The van der Waals surface area contributed by atoms with Crippen molar-refractivity contribution in [2.75, 3.05) is 0 Å². The first-order valence-corrected chi connectivity index (χ1v) is 6.18. The maximum atomic E-state index is 11.9. The highest BCUT2D eigenvalue weighted by molar-refractivity contribution is 5.97. The number of rotatable bonds is 4. The van der Waals surface area contributed by atoms with Gasteiger partial charge in [0.05, 0.1) is 0 Å². The van der Waals surface area contributed by atoms with E-state index in [4.69, 9.17) is 0 Å². The van der Waals surface area contributed by atoms with Crippen LogP contribution in [-0.4, -0.2) is 10.9 Å². The Bertz CT molecular complexity index is 568. The van der Waals surface area contributed by atoms with Crippen LogP contribution >= 0.6 is 0 Å². The van der Waals surface area contributed by atoms with Gasteiger partial charge >= 0.3 is 0 Å². The Morgan fingerprint density at radius 2 is 1.68 bits per heavy atom. The Balaban J connectivity index is 2.07. The van der Waals surface area contributed by atoms with E-state index in [0.29, 0.717) is 5.56 Å². The van der Waals surface area contributed by atoms with Crippen LogP contribution < -0.4 is 0 Å². The SMILES string of the molecule is Cc1ccc(C(O)C(=O)/C=C/c2ccccc2)cc1. The molecule has 1 atom stereocenters. The molecule has 1 N–H and O–H groups in total. The van der Waals surface area contributed by atoms with Crippen molar-refractivity contribution < 1.29 is 9.90 Å². The zero-order valence-electron chi connectivity index (χ0n) is 10.8. The highest BCUT2D eigenvalue weighted by Crippen LogP contribution is 2.15. The molecule has 0 aliphatic heterocycles. The summed E-state index contributed by atoms with van der Waals surface area (Å²) in [4.78, 5) is 11.9. The summed E-state index contributed by atoms with van der Waals surface area (Å²) in [7, 11) is 0. The topological polar surface area (TPSA) is 37.3 Å². The van der Waals surface area contributed by atoms with Gasteiger partial charge in [0.2, 0.25) is 0 Å². The van der Waals surface area contributed by atoms with E-state index in [9.17, 15) is 9.90 Å². The van der Waals surface area contributed by atoms with Crippen molar-refractivity contribution in [3.63, 3.8) is 0 Å². The second-order valence-corrected chi connectivity index (χ2v) is 4.46. The van der Waals surface area contributed by atoms with Gasteiger partial charge in [-0.1, -0.05) is 66.2 Å². The van der Waals surface area contributed by atoms with Crippen LogP contribution in [0.4, 0.5) is 0 Å². The molecule has 2 rings (SSSR count). The smallest absolute Gasteiger partial charge is 0.188 e. The minimum absolute atomic E-state index is 0.312. The maximum Gasteiger partial charge on any atom is 0.188 e. The fourth-order valence-electron chi connectivity index (χ4n) is 1.75. The number of hydrogen-bond donors (Lipinski definition) is 1. The first kappa shape index (κ1) is 13.2. The minimum atomic E-state index is -1.10. The molecule has 0 spiro atoms. The summed E-state index contributed by atoms with van der Waals surface area (Å²) < 4.78 is 0. The van der Waals surface area contributed by atoms with Crippen molar-refractivity contribution in [1.29, 1.82) is 0 Å². The summed E-state index contributed by atoms with van der Waals surface area (Å²) in [6.45, 7) is 1.97. The van der Waals surface area contributed by atoms with Gasteiger partial charge in [0.1, 0.15) is 6.10 Å². The lowest BCUT2D eigenvalue weighted by molar-refractivity contribution is -0.122. The molecule has 0 saturated carbocycles. The fraction of sp³-hybridized carbons (Fsp3) is 0.118. The van der Waals surface area contributed by atoms with Gasteiger partial charge in [-0.3, -0.25) is 4.79 Å². The number of carbonyl (C=O) groups is 1. The normalized spacial score (nSPS) is 12.5. The average molecular weight is 252 g/mol. The number of hydrogen-bond acceptors (Lipinski definition) is 2.